The SMILES string of the molecule is CCc1ccc(OCC(=O)NCCC(=O)[O-])cc1. The molecule has 0 aromatic heterocycles. The highest BCUT2D eigenvalue weighted by Crippen LogP contribution is 2.12. The van der Waals surface area contributed by atoms with Gasteiger partial charge in [0.2, 0.25) is 0 Å². The van der Waals surface area contributed by atoms with E-state index in [9.17, 15) is 14.7 Å². The second-order valence-electron chi connectivity index (χ2n) is 3.76. The molecule has 0 fully saturated rings. The van der Waals surface area contributed by atoms with Crippen molar-refractivity contribution in [3.63, 3.8) is 0 Å². The molecule has 0 aliphatic carbocycles. The van der Waals surface area contributed by atoms with Crippen LogP contribution in [0.3, 0.4) is 0 Å². The Balaban J connectivity index is 2.26. The predicted octanol–water partition coefficient (Wildman–Crippen LogP) is -0.116. The fourth-order valence-electron chi connectivity index (χ4n) is 1.33. The van der Waals surface area contributed by atoms with E-state index in [0.29, 0.717) is 5.75 Å². The number of rotatable bonds is 7. The van der Waals surface area contributed by atoms with Gasteiger partial charge in [0, 0.05) is 18.9 Å². The van der Waals surface area contributed by atoms with Crippen LogP contribution in [-0.2, 0) is 16.0 Å². The van der Waals surface area contributed by atoms with Crippen molar-refractivity contribution in [2.24, 2.45) is 0 Å². The number of carboxylic acid groups (broad SMARTS) is 1. The third-order valence-corrected chi connectivity index (χ3v) is 2.35. The van der Waals surface area contributed by atoms with Crippen molar-refractivity contribution in [1.82, 2.24) is 5.32 Å². The average molecular weight is 250 g/mol. The van der Waals surface area contributed by atoms with Gasteiger partial charge in [-0.25, -0.2) is 0 Å². The summed E-state index contributed by atoms with van der Waals surface area (Å²) in [4.78, 5) is 21.4. The van der Waals surface area contributed by atoms with Gasteiger partial charge < -0.3 is 20.0 Å². The van der Waals surface area contributed by atoms with E-state index in [4.69, 9.17) is 4.74 Å². The Morgan fingerprint density at radius 2 is 1.94 bits per heavy atom. The molecule has 1 N–H and O–H groups in total. The quantitative estimate of drug-likeness (QED) is 0.732. The first-order valence-corrected chi connectivity index (χ1v) is 5.80. The van der Waals surface area contributed by atoms with E-state index in [0.717, 1.165) is 6.42 Å². The zero-order valence-corrected chi connectivity index (χ0v) is 10.3. The third kappa shape index (κ3) is 5.34. The molecule has 1 aromatic carbocycles. The lowest BCUT2D eigenvalue weighted by molar-refractivity contribution is -0.305. The molecule has 0 saturated carbocycles. The van der Waals surface area contributed by atoms with Gasteiger partial charge in [-0.2, -0.15) is 0 Å². The van der Waals surface area contributed by atoms with Crippen LogP contribution in [0.4, 0.5) is 0 Å². The van der Waals surface area contributed by atoms with Crippen molar-refractivity contribution >= 4 is 11.9 Å². The molecule has 0 heterocycles. The van der Waals surface area contributed by atoms with Crippen molar-refractivity contribution in [2.75, 3.05) is 13.2 Å². The number of ether oxygens (including phenoxy) is 1. The first-order chi connectivity index (χ1) is 8.61. The number of aliphatic carboxylic acids is 1. The van der Waals surface area contributed by atoms with Gasteiger partial charge in [0.05, 0.1) is 0 Å². The van der Waals surface area contributed by atoms with Gasteiger partial charge in [0.15, 0.2) is 6.61 Å². The van der Waals surface area contributed by atoms with Crippen LogP contribution in [0.1, 0.15) is 18.9 Å². The summed E-state index contributed by atoms with van der Waals surface area (Å²) >= 11 is 0. The van der Waals surface area contributed by atoms with Crippen LogP contribution in [0.5, 0.6) is 5.75 Å². The fraction of sp³-hybridized carbons (Fsp3) is 0.385. The monoisotopic (exact) mass is 250 g/mol. The summed E-state index contributed by atoms with van der Waals surface area (Å²) in [5.41, 5.74) is 1.20. The second kappa shape index (κ2) is 7.32. The smallest absolute Gasteiger partial charge is 0.257 e. The standard InChI is InChI=1S/C13H17NO4/c1-2-10-3-5-11(6-4-10)18-9-12(15)14-8-7-13(16)17/h3-6H,2,7-9H2,1H3,(H,14,15)(H,16,17)/p-1. The fourth-order valence-corrected chi connectivity index (χ4v) is 1.33. The number of carboxylic acids is 1. The minimum atomic E-state index is -1.19. The van der Waals surface area contributed by atoms with E-state index in [-0.39, 0.29) is 25.5 Å². The average Bonchev–Trinajstić information content (AvgIpc) is 2.36. The highest BCUT2D eigenvalue weighted by Gasteiger charge is 2.02. The lowest BCUT2D eigenvalue weighted by atomic mass is 10.2. The molecule has 98 valence electrons. The Labute approximate surface area is 106 Å². The van der Waals surface area contributed by atoms with Crippen LogP contribution in [0.25, 0.3) is 0 Å². The lowest BCUT2D eigenvalue weighted by Crippen LogP contribution is -2.33. The maximum Gasteiger partial charge on any atom is 0.257 e. The van der Waals surface area contributed by atoms with E-state index in [2.05, 4.69) is 12.2 Å². The predicted molar refractivity (Wildman–Crippen MR) is 63.9 cm³/mol. The maximum absolute atomic E-state index is 11.3. The van der Waals surface area contributed by atoms with Crippen LogP contribution in [0, 0.1) is 0 Å². The Bertz CT molecular complexity index is 400. The Morgan fingerprint density at radius 3 is 2.50 bits per heavy atom. The number of amides is 1. The van der Waals surface area contributed by atoms with Crippen LogP contribution in [0.2, 0.25) is 0 Å². The van der Waals surface area contributed by atoms with Gasteiger partial charge in [0.25, 0.3) is 5.91 Å². The lowest BCUT2D eigenvalue weighted by Gasteiger charge is -2.08. The van der Waals surface area contributed by atoms with Gasteiger partial charge >= 0.3 is 0 Å². The van der Waals surface area contributed by atoms with E-state index >= 15 is 0 Å². The van der Waals surface area contributed by atoms with Crippen LogP contribution < -0.4 is 15.2 Å². The molecule has 5 heteroatoms. The van der Waals surface area contributed by atoms with Gasteiger partial charge in [-0.15, -0.1) is 0 Å². The Kier molecular flexibility index (Phi) is 5.70. The second-order valence-corrected chi connectivity index (χ2v) is 3.76. The molecule has 0 bridgehead atoms. The molecule has 0 unspecified atom stereocenters. The number of hydrogen-bond acceptors (Lipinski definition) is 4. The number of carbonyl (C=O) groups is 2. The molecule has 0 saturated heterocycles. The topological polar surface area (TPSA) is 78.5 Å². The molecule has 0 aliphatic heterocycles. The largest absolute Gasteiger partial charge is 0.550 e. The molecule has 5 nitrogen and oxygen atoms in total. The Morgan fingerprint density at radius 1 is 1.28 bits per heavy atom. The zero-order valence-electron chi connectivity index (χ0n) is 10.3. The number of aryl methyl sites for hydroxylation is 1. The van der Waals surface area contributed by atoms with Crippen molar-refractivity contribution < 1.29 is 19.4 Å². The first kappa shape index (κ1) is 14.0. The van der Waals surface area contributed by atoms with E-state index in [1.54, 1.807) is 12.1 Å². The Hall–Kier alpha value is -2.04. The van der Waals surface area contributed by atoms with Crippen molar-refractivity contribution in [1.29, 1.82) is 0 Å². The summed E-state index contributed by atoms with van der Waals surface area (Å²) in [6.07, 6.45) is 0.751. The molecule has 1 aromatic rings. The van der Waals surface area contributed by atoms with Gasteiger partial charge in [-0.05, 0) is 24.1 Å². The summed E-state index contributed by atoms with van der Waals surface area (Å²) < 4.78 is 5.25. The summed E-state index contributed by atoms with van der Waals surface area (Å²) in [7, 11) is 0. The minimum Gasteiger partial charge on any atom is -0.550 e. The zero-order chi connectivity index (χ0) is 13.4. The highest BCUT2D eigenvalue weighted by atomic mass is 16.5. The van der Waals surface area contributed by atoms with Gasteiger partial charge in [-0.3, -0.25) is 4.79 Å². The summed E-state index contributed by atoms with van der Waals surface area (Å²) in [5, 5.41) is 12.5. The van der Waals surface area contributed by atoms with E-state index in [1.807, 2.05) is 12.1 Å². The molecule has 0 atom stereocenters. The number of hydrogen-bond donors (Lipinski definition) is 1. The molecule has 0 radical (unpaired) electrons. The molecule has 0 aliphatic rings. The normalized spacial score (nSPS) is 9.83. The van der Waals surface area contributed by atoms with Crippen LogP contribution in [-0.4, -0.2) is 25.0 Å². The number of carbonyl (C=O) groups excluding carboxylic acids is 2. The highest BCUT2D eigenvalue weighted by molar-refractivity contribution is 5.78. The van der Waals surface area contributed by atoms with Gasteiger partial charge in [-0.1, -0.05) is 19.1 Å². The summed E-state index contributed by atoms with van der Waals surface area (Å²) in [6.45, 7) is 1.98. The summed E-state index contributed by atoms with van der Waals surface area (Å²) in [6, 6.07) is 7.47. The van der Waals surface area contributed by atoms with Crippen molar-refractivity contribution in [3.8, 4) is 5.75 Å². The van der Waals surface area contributed by atoms with Crippen molar-refractivity contribution in [3.05, 3.63) is 29.8 Å². The minimum absolute atomic E-state index is 0.0549. The number of benzene rings is 1. The summed E-state index contributed by atoms with van der Waals surface area (Å²) in [5.74, 6) is -0.926. The van der Waals surface area contributed by atoms with Gasteiger partial charge in [0.1, 0.15) is 5.75 Å². The van der Waals surface area contributed by atoms with E-state index < -0.39 is 5.97 Å². The maximum atomic E-state index is 11.3. The van der Waals surface area contributed by atoms with Crippen LogP contribution >= 0.6 is 0 Å². The third-order valence-electron chi connectivity index (χ3n) is 2.35. The number of nitrogens with one attached hydrogen (secondary N) is 1. The first-order valence-electron chi connectivity index (χ1n) is 5.80. The molecule has 0 spiro atoms. The molecule has 1 rings (SSSR count). The molecular weight excluding hydrogens is 234 g/mol. The molecule has 18 heavy (non-hydrogen) atoms. The molecule has 1 amide bonds. The van der Waals surface area contributed by atoms with E-state index in [1.165, 1.54) is 5.56 Å². The molecular formula is C13H16NO4-. The van der Waals surface area contributed by atoms with Crippen molar-refractivity contribution in [2.45, 2.75) is 19.8 Å². The van der Waals surface area contributed by atoms with Crippen LogP contribution in [0.15, 0.2) is 24.3 Å².